The number of esters is 1. The number of nitrogens with one attached hydrogen (secondary N) is 1. The van der Waals surface area contributed by atoms with Gasteiger partial charge in [-0.05, 0) is 36.8 Å². The molecular weight excluding hydrogens is 374 g/mol. The van der Waals surface area contributed by atoms with E-state index in [2.05, 4.69) is 21.2 Å². The summed E-state index contributed by atoms with van der Waals surface area (Å²) < 4.78 is 11.1. The van der Waals surface area contributed by atoms with Crippen LogP contribution in [0.2, 0.25) is 0 Å². The second kappa shape index (κ2) is 8.49. The third kappa shape index (κ3) is 4.35. The number of para-hydroxylation sites is 1. The van der Waals surface area contributed by atoms with Gasteiger partial charge in [0.2, 0.25) is 0 Å². The van der Waals surface area contributed by atoms with Gasteiger partial charge in [0.05, 0.1) is 30.5 Å². The molecule has 0 aliphatic heterocycles. The minimum Gasteiger partial charge on any atom is -0.493 e. The zero-order chi connectivity index (χ0) is 17.5. The molecule has 0 unspecified atom stereocenters. The largest absolute Gasteiger partial charge is 0.493 e. The molecule has 126 valence electrons. The molecule has 0 atom stereocenters. The molecule has 24 heavy (non-hydrogen) atoms. The normalized spacial score (nSPS) is 10.1. The Balaban J connectivity index is 2.31. The van der Waals surface area contributed by atoms with Crippen molar-refractivity contribution in [2.45, 2.75) is 13.3 Å². The SMILES string of the molecule is CCCOc1ccc(Br)cc1C(=O)Nc1ccccc1C(=O)OC. The maximum absolute atomic E-state index is 12.6. The fraction of sp³-hybridized carbons (Fsp3) is 0.222. The van der Waals surface area contributed by atoms with Crippen LogP contribution in [-0.2, 0) is 4.74 Å². The van der Waals surface area contributed by atoms with E-state index in [-0.39, 0.29) is 5.91 Å². The van der Waals surface area contributed by atoms with Crippen LogP contribution in [0.3, 0.4) is 0 Å². The molecule has 0 heterocycles. The molecule has 1 amide bonds. The predicted octanol–water partition coefficient (Wildman–Crippen LogP) is 4.28. The number of anilines is 1. The van der Waals surface area contributed by atoms with E-state index in [9.17, 15) is 9.59 Å². The van der Waals surface area contributed by atoms with Gasteiger partial charge in [-0.25, -0.2) is 4.79 Å². The van der Waals surface area contributed by atoms with E-state index in [4.69, 9.17) is 9.47 Å². The Labute approximate surface area is 149 Å². The van der Waals surface area contributed by atoms with Crippen molar-refractivity contribution >= 4 is 33.5 Å². The molecule has 0 saturated carbocycles. The minimum absolute atomic E-state index is 0.291. The van der Waals surface area contributed by atoms with Crippen molar-refractivity contribution in [1.29, 1.82) is 0 Å². The number of hydrogen-bond acceptors (Lipinski definition) is 4. The first-order valence-electron chi connectivity index (χ1n) is 7.47. The lowest BCUT2D eigenvalue weighted by Gasteiger charge is -2.13. The summed E-state index contributed by atoms with van der Waals surface area (Å²) in [6, 6.07) is 11.9. The molecule has 2 aromatic carbocycles. The number of carbonyl (C=O) groups is 2. The van der Waals surface area contributed by atoms with Crippen molar-refractivity contribution in [1.82, 2.24) is 0 Å². The molecule has 5 nitrogen and oxygen atoms in total. The van der Waals surface area contributed by atoms with Crippen LogP contribution in [0.4, 0.5) is 5.69 Å². The lowest BCUT2D eigenvalue weighted by Crippen LogP contribution is -2.16. The van der Waals surface area contributed by atoms with Gasteiger partial charge < -0.3 is 14.8 Å². The Bertz CT molecular complexity index is 746. The topological polar surface area (TPSA) is 64.6 Å². The first kappa shape index (κ1) is 18.0. The first-order valence-corrected chi connectivity index (χ1v) is 8.27. The molecule has 2 rings (SSSR count). The van der Waals surface area contributed by atoms with Gasteiger partial charge in [0, 0.05) is 4.47 Å². The van der Waals surface area contributed by atoms with Gasteiger partial charge in [-0.1, -0.05) is 35.0 Å². The molecular formula is C18H18BrNO4. The Morgan fingerprint density at radius 2 is 1.88 bits per heavy atom. The quantitative estimate of drug-likeness (QED) is 0.746. The van der Waals surface area contributed by atoms with E-state index < -0.39 is 5.97 Å². The van der Waals surface area contributed by atoms with Crippen LogP contribution in [-0.4, -0.2) is 25.6 Å². The summed E-state index contributed by atoms with van der Waals surface area (Å²) in [4.78, 5) is 24.5. The van der Waals surface area contributed by atoms with Crippen molar-refractivity contribution in [3.63, 3.8) is 0 Å². The number of halogens is 1. The van der Waals surface area contributed by atoms with Gasteiger partial charge >= 0.3 is 5.97 Å². The monoisotopic (exact) mass is 391 g/mol. The van der Waals surface area contributed by atoms with Gasteiger partial charge in [-0.15, -0.1) is 0 Å². The summed E-state index contributed by atoms with van der Waals surface area (Å²) in [5, 5.41) is 2.75. The summed E-state index contributed by atoms with van der Waals surface area (Å²) in [7, 11) is 1.30. The van der Waals surface area contributed by atoms with E-state index in [0.717, 1.165) is 10.9 Å². The molecule has 0 bridgehead atoms. The van der Waals surface area contributed by atoms with Crippen LogP contribution in [0.1, 0.15) is 34.1 Å². The second-order valence-electron chi connectivity index (χ2n) is 4.98. The van der Waals surface area contributed by atoms with E-state index >= 15 is 0 Å². The molecule has 0 fully saturated rings. The van der Waals surface area contributed by atoms with Crippen LogP contribution in [0.5, 0.6) is 5.75 Å². The number of benzene rings is 2. The Kier molecular flexibility index (Phi) is 6.37. The second-order valence-corrected chi connectivity index (χ2v) is 5.90. The van der Waals surface area contributed by atoms with Gasteiger partial charge in [-0.3, -0.25) is 4.79 Å². The molecule has 0 saturated heterocycles. The predicted molar refractivity (Wildman–Crippen MR) is 95.7 cm³/mol. The summed E-state index contributed by atoms with van der Waals surface area (Å²) in [5.41, 5.74) is 1.06. The molecule has 0 aliphatic rings. The van der Waals surface area contributed by atoms with E-state index in [0.29, 0.717) is 29.2 Å². The van der Waals surface area contributed by atoms with Crippen molar-refractivity contribution in [2.24, 2.45) is 0 Å². The highest BCUT2D eigenvalue weighted by atomic mass is 79.9. The van der Waals surface area contributed by atoms with Crippen LogP contribution >= 0.6 is 15.9 Å². The Morgan fingerprint density at radius 3 is 2.58 bits per heavy atom. The molecule has 0 aromatic heterocycles. The number of carbonyl (C=O) groups excluding carboxylic acids is 2. The van der Waals surface area contributed by atoms with E-state index in [1.165, 1.54) is 7.11 Å². The number of ether oxygens (including phenoxy) is 2. The molecule has 0 aliphatic carbocycles. The third-order valence-corrected chi connectivity index (χ3v) is 3.72. The standard InChI is InChI=1S/C18H18BrNO4/c1-3-10-24-16-9-8-12(19)11-14(16)17(21)20-15-7-5-4-6-13(15)18(22)23-2/h4-9,11H,3,10H2,1-2H3,(H,20,21). The van der Waals surface area contributed by atoms with Crippen molar-refractivity contribution in [2.75, 3.05) is 19.0 Å². The summed E-state index contributed by atoms with van der Waals surface area (Å²) in [6.45, 7) is 2.51. The molecule has 0 radical (unpaired) electrons. The minimum atomic E-state index is -0.511. The maximum atomic E-state index is 12.6. The number of hydrogen-bond donors (Lipinski definition) is 1. The van der Waals surface area contributed by atoms with Gasteiger partial charge in [0.25, 0.3) is 5.91 Å². The zero-order valence-corrected chi connectivity index (χ0v) is 15.1. The number of amides is 1. The van der Waals surface area contributed by atoms with Gasteiger partial charge in [0.15, 0.2) is 0 Å². The lowest BCUT2D eigenvalue weighted by atomic mass is 10.1. The summed E-state index contributed by atoms with van der Waals surface area (Å²) in [6.07, 6.45) is 0.836. The highest BCUT2D eigenvalue weighted by Crippen LogP contribution is 2.25. The highest BCUT2D eigenvalue weighted by molar-refractivity contribution is 9.10. The molecule has 6 heteroatoms. The van der Waals surface area contributed by atoms with Crippen LogP contribution < -0.4 is 10.1 Å². The van der Waals surface area contributed by atoms with E-state index in [1.54, 1.807) is 36.4 Å². The number of methoxy groups -OCH3 is 1. The summed E-state index contributed by atoms with van der Waals surface area (Å²) in [5.74, 6) is -0.380. The van der Waals surface area contributed by atoms with Crippen LogP contribution in [0.25, 0.3) is 0 Å². The Morgan fingerprint density at radius 1 is 1.12 bits per heavy atom. The first-order chi connectivity index (χ1) is 11.6. The Hall–Kier alpha value is -2.34. The molecule has 0 spiro atoms. The molecule has 2 aromatic rings. The van der Waals surface area contributed by atoms with Crippen molar-refractivity contribution in [3.05, 3.63) is 58.1 Å². The van der Waals surface area contributed by atoms with E-state index in [1.807, 2.05) is 13.0 Å². The fourth-order valence-corrected chi connectivity index (χ4v) is 2.45. The summed E-state index contributed by atoms with van der Waals surface area (Å²) >= 11 is 3.36. The third-order valence-electron chi connectivity index (χ3n) is 3.23. The average molecular weight is 392 g/mol. The average Bonchev–Trinajstić information content (AvgIpc) is 2.60. The highest BCUT2D eigenvalue weighted by Gasteiger charge is 2.17. The molecule has 1 N–H and O–H groups in total. The van der Waals surface area contributed by atoms with Crippen molar-refractivity contribution < 1.29 is 19.1 Å². The lowest BCUT2D eigenvalue weighted by molar-refractivity contribution is 0.0602. The maximum Gasteiger partial charge on any atom is 0.339 e. The van der Waals surface area contributed by atoms with Crippen LogP contribution in [0, 0.1) is 0 Å². The van der Waals surface area contributed by atoms with Gasteiger partial charge in [-0.2, -0.15) is 0 Å². The number of rotatable bonds is 6. The van der Waals surface area contributed by atoms with Crippen LogP contribution in [0.15, 0.2) is 46.9 Å². The van der Waals surface area contributed by atoms with Crippen molar-refractivity contribution in [3.8, 4) is 5.75 Å². The zero-order valence-electron chi connectivity index (χ0n) is 13.5. The smallest absolute Gasteiger partial charge is 0.339 e. The fourth-order valence-electron chi connectivity index (χ4n) is 2.09. The van der Waals surface area contributed by atoms with Gasteiger partial charge in [0.1, 0.15) is 5.75 Å².